The number of halogens is 2. The Morgan fingerprint density at radius 1 is 1.27 bits per heavy atom. The highest BCUT2D eigenvalue weighted by molar-refractivity contribution is 6.30. The molecule has 3 N–H and O–H groups in total. The van der Waals surface area contributed by atoms with Crippen LogP contribution in [0.5, 0.6) is 0 Å². The van der Waals surface area contributed by atoms with Crippen LogP contribution in [0.2, 0.25) is 5.02 Å². The van der Waals surface area contributed by atoms with Gasteiger partial charge in [0.25, 0.3) is 5.91 Å². The van der Waals surface area contributed by atoms with Gasteiger partial charge in [-0.25, -0.2) is 9.37 Å². The van der Waals surface area contributed by atoms with Gasteiger partial charge in [-0.15, -0.1) is 0 Å². The molecule has 0 aliphatic carbocycles. The highest BCUT2D eigenvalue weighted by Crippen LogP contribution is 2.33. The average molecular weight is 467 g/mol. The molecule has 2 heterocycles. The molecule has 3 aromatic rings. The van der Waals surface area contributed by atoms with Crippen molar-refractivity contribution in [1.29, 1.82) is 0 Å². The van der Waals surface area contributed by atoms with Gasteiger partial charge in [-0.2, -0.15) is 0 Å². The third-order valence-corrected chi connectivity index (χ3v) is 6.17. The van der Waals surface area contributed by atoms with Crippen LogP contribution in [0.15, 0.2) is 54.7 Å². The first kappa shape index (κ1) is 22.7. The Morgan fingerprint density at radius 2 is 2.09 bits per heavy atom. The van der Waals surface area contributed by atoms with Gasteiger partial charge in [-0.1, -0.05) is 29.8 Å². The minimum Gasteiger partial charge on any atom is -0.383 e. The monoisotopic (exact) mass is 466 g/mol. The molecule has 1 aromatic heterocycles. The maximum absolute atomic E-state index is 14.9. The van der Waals surface area contributed by atoms with Gasteiger partial charge in [-0.05, 0) is 59.4 Å². The van der Waals surface area contributed by atoms with Crippen molar-refractivity contribution in [2.45, 2.75) is 25.3 Å². The first-order chi connectivity index (χ1) is 15.8. The molecule has 0 bridgehead atoms. The Hall–Kier alpha value is -3.45. The lowest BCUT2D eigenvalue weighted by Crippen LogP contribution is -2.34. The molecule has 6 nitrogen and oxygen atoms in total. The maximum atomic E-state index is 14.9. The van der Waals surface area contributed by atoms with Crippen molar-refractivity contribution >= 4 is 29.2 Å². The highest BCUT2D eigenvalue weighted by atomic mass is 35.5. The molecule has 1 fully saturated rings. The fourth-order valence-corrected chi connectivity index (χ4v) is 4.18. The molecule has 8 heteroatoms. The van der Waals surface area contributed by atoms with Crippen LogP contribution in [0.1, 0.15) is 40.2 Å². The summed E-state index contributed by atoms with van der Waals surface area (Å²) in [6, 6.07) is 13.3. The van der Waals surface area contributed by atoms with Gasteiger partial charge >= 0.3 is 0 Å². The van der Waals surface area contributed by atoms with Gasteiger partial charge in [0.15, 0.2) is 0 Å². The van der Waals surface area contributed by atoms with Gasteiger partial charge in [0.1, 0.15) is 11.6 Å². The highest BCUT2D eigenvalue weighted by Gasteiger charge is 2.25. The summed E-state index contributed by atoms with van der Waals surface area (Å²) in [4.78, 5) is 30.6. The number of benzene rings is 2. The number of aromatic nitrogens is 1. The van der Waals surface area contributed by atoms with E-state index in [9.17, 15) is 14.0 Å². The van der Waals surface area contributed by atoms with Crippen LogP contribution in [0.3, 0.4) is 0 Å². The minimum absolute atomic E-state index is 0.0435. The van der Waals surface area contributed by atoms with E-state index in [-0.39, 0.29) is 29.8 Å². The molecule has 1 aliphatic heterocycles. The van der Waals surface area contributed by atoms with Crippen molar-refractivity contribution in [3.05, 3.63) is 82.3 Å². The molecule has 2 aromatic carbocycles. The van der Waals surface area contributed by atoms with Crippen molar-refractivity contribution in [1.82, 2.24) is 15.2 Å². The number of anilines is 1. The van der Waals surface area contributed by atoms with E-state index in [1.54, 1.807) is 42.4 Å². The van der Waals surface area contributed by atoms with Crippen molar-refractivity contribution in [3.8, 4) is 11.1 Å². The Kier molecular flexibility index (Phi) is 6.60. The second-order valence-electron chi connectivity index (χ2n) is 8.21. The molecule has 2 amide bonds. The van der Waals surface area contributed by atoms with E-state index in [0.29, 0.717) is 29.1 Å². The first-order valence-electron chi connectivity index (χ1n) is 10.6. The molecule has 0 spiro atoms. The summed E-state index contributed by atoms with van der Waals surface area (Å²) in [5, 5.41) is 3.27. The molecular weight excluding hydrogens is 443 g/mol. The normalized spacial score (nSPS) is 16.0. The number of amides is 2. The van der Waals surface area contributed by atoms with E-state index in [0.717, 1.165) is 17.5 Å². The number of hydrogen-bond acceptors (Lipinski definition) is 4. The van der Waals surface area contributed by atoms with Crippen LogP contribution in [0.25, 0.3) is 11.1 Å². The first-order valence-corrected chi connectivity index (χ1v) is 11.0. The van der Waals surface area contributed by atoms with Crippen LogP contribution in [0, 0.1) is 5.82 Å². The quantitative estimate of drug-likeness (QED) is 0.583. The molecule has 170 valence electrons. The van der Waals surface area contributed by atoms with Crippen LogP contribution in [-0.4, -0.2) is 35.3 Å². The van der Waals surface area contributed by atoms with E-state index < -0.39 is 11.7 Å². The predicted octanol–water partition coefficient (Wildman–Crippen LogP) is 4.39. The van der Waals surface area contributed by atoms with E-state index >= 15 is 0 Å². The molecule has 33 heavy (non-hydrogen) atoms. The minimum atomic E-state index is -0.657. The fourth-order valence-electron chi connectivity index (χ4n) is 3.96. The van der Waals surface area contributed by atoms with Gasteiger partial charge in [0.05, 0.1) is 5.56 Å². The average Bonchev–Trinajstić information content (AvgIpc) is 2.79. The second-order valence-corrected chi connectivity index (χ2v) is 8.65. The lowest BCUT2D eigenvalue weighted by Gasteiger charge is -2.29. The number of hydrogen-bond donors (Lipinski definition) is 2. The number of nitrogens with one attached hydrogen (secondary N) is 1. The smallest absolute Gasteiger partial charge is 0.254 e. The van der Waals surface area contributed by atoms with Gasteiger partial charge in [0, 0.05) is 43.3 Å². The van der Waals surface area contributed by atoms with Gasteiger partial charge < -0.3 is 16.0 Å². The Morgan fingerprint density at radius 3 is 2.82 bits per heavy atom. The van der Waals surface area contributed by atoms with Crippen molar-refractivity contribution in [2.75, 3.05) is 19.3 Å². The summed E-state index contributed by atoms with van der Waals surface area (Å²) in [6.07, 6.45) is 2.91. The molecule has 0 radical (unpaired) electrons. The molecule has 4 rings (SSSR count). The van der Waals surface area contributed by atoms with Crippen molar-refractivity contribution in [2.24, 2.45) is 0 Å². The van der Waals surface area contributed by atoms with Crippen molar-refractivity contribution in [3.63, 3.8) is 0 Å². The molecule has 1 atom stereocenters. The largest absolute Gasteiger partial charge is 0.383 e. The van der Waals surface area contributed by atoms with E-state index in [2.05, 4.69) is 10.3 Å². The number of likely N-dealkylation sites (tertiary alicyclic amines) is 1. The zero-order valence-electron chi connectivity index (χ0n) is 18.1. The summed E-state index contributed by atoms with van der Waals surface area (Å²) < 4.78 is 14.9. The summed E-state index contributed by atoms with van der Waals surface area (Å²) in [7, 11) is 1.79. The van der Waals surface area contributed by atoms with Crippen LogP contribution < -0.4 is 11.1 Å². The van der Waals surface area contributed by atoms with Crippen LogP contribution >= 0.6 is 11.6 Å². The Bertz CT molecular complexity index is 1220. The molecule has 1 aliphatic rings. The lowest BCUT2D eigenvalue weighted by molar-refractivity contribution is -0.132. The number of nitrogens with two attached hydrogens (primary N) is 1. The zero-order chi connectivity index (χ0) is 23.5. The molecule has 1 saturated heterocycles. The number of rotatable bonds is 5. The third-order valence-electron chi connectivity index (χ3n) is 5.94. The van der Waals surface area contributed by atoms with E-state index in [1.807, 2.05) is 12.1 Å². The number of pyridine rings is 1. The summed E-state index contributed by atoms with van der Waals surface area (Å²) in [5.74, 6) is -0.791. The molecule has 1 unspecified atom stereocenters. The van der Waals surface area contributed by atoms with Crippen LogP contribution in [0.4, 0.5) is 10.2 Å². The Labute approximate surface area is 196 Å². The summed E-state index contributed by atoms with van der Waals surface area (Å²) in [6.45, 7) is 0.908. The van der Waals surface area contributed by atoms with E-state index in [1.165, 1.54) is 12.1 Å². The topological polar surface area (TPSA) is 88.3 Å². The number of piperidine rings is 1. The number of carbonyl (C=O) groups is 2. The Balaban J connectivity index is 1.52. The van der Waals surface area contributed by atoms with E-state index in [4.69, 9.17) is 17.3 Å². The van der Waals surface area contributed by atoms with Crippen molar-refractivity contribution < 1.29 is 14.0 Å². The number of carbonyl (C=O) groups excluding carboxylic acids is 2. The maximum Gasteiger partial charge on any atom is 0.254 e. The third kappa shape index (κ3) is 5.14. The SMILES string of the molecule is CN1CCC(c2cnc(N)c(-c3ccc(C(=O)NCc4cccc(Cl)c4)c(F)c3)c2)CC1=O. The number of nitrogen functional groups attached to an aromatic ring is 1. The van der Waals surface area contributed by atoms with Crippen LogP contribution in [-0.2, 0) is 11.3 Å². The zero-order valence-corrected chi connectivity index (χ0v) is 18.9. The second kappa shape index (κ2) is 9.58. The summed E-state index contributed by atoms with van der Waals surface area (Å²) in [5.41, 5.74) is 8.81. The number of nitrogens with zero attached hydrogens (tertiary/aromatic N) is 2. The predicted molar refractivity (Wildman–Crippen MR) is 126 cm³/mol. The van der Waals surface area contributed by atoms with Gasteiger partial charge in [0.2, 0.25) is 5.91 Å². The lowest BCUT2D eigenvalue weighted by atomic mass is 9.88. The molecule has 0 saturated carbocycles. The molecular formula is C25H24ClFN4O2. The van der Waals surface area contributed by atoms with Gasteiger partial charge in [-0.3, -0.25) is 9.59 Å². The standard InChI is InChI=1S/C25H24ClFN4O2/c1-31-8-7-16(12-23(31)32)18-10-21(24(28)29-14-18)17-5-6-20(22(27)11-17)25(33)30-13-15-3-2-4-19(26)9-15/h2-6,9-11,14,16H,7-8,12-13H2,1H3,(H2,28,29)(H,30,33). The fraction of sp³-hybridized carbons (Fsp3) is 0.240. The summed E-state index contributed by atoms with van der Waals surface area (Å²) >= 11 is 5.96.